The van der Waals surface area contributed by atoms with E-state index in [0.717, 1.165) is 12.8 Å². The number of carbonyl (C=O) groups excluding carboxylic acids is 2. The number of nitrogens with two attached hydrogens (primary N) is 1. The molecule has 0 saturated carbocycles. The molecular weight excluding hydrogens is 270 g/mol. The molecule has 21 heavy (non-hydrogen) atoms. The number of anilines is 1. The van der Waals surface area contributed by atoms with E-state index < -0.39 is 6.09 Å². The van der Waals surface area contributed by atoms with Gasteiger partial charge in [0.15, 0.2) is 0 Å². The highest BCUT2D eigenvalue weighted by Crippen LogP contribution is 2.15. The number of ether oxygens (including phenoxy) is 1. The maximum absolute atomic E-state index is 12.4. The van der Waals surface area contributed by atoms with Crippen LogP contribution in [0.15, 0.2) is 24.3 Å². The first-order valence-corrected chi connectivity index (χ1v) is 7.18. The lowest BCUT2D eigenvalue weighted by Crippen LogP contribution is -2.49. The number of nitrogen functional groups attached to an aromatic ring is 1. The van der Waals surface area contributed by atoms with E-state index in [1.807, 2.05) is 0 Å². The summed E-state index contributed by atoms with van der Waals surface area (Å²) in [6, 6.07) is 6.81. The van der Waals surface area contributed by atoms with E-state index in [9.17, 15) is 9.59 Å². The second kappa shape index (κ2) is 6.97. The zero-order valence-electron chi connectivity index (χ0n) is 12.2. The Hall–Kier alpha value is -2.24. The third-order valence-corrected chi connectivity index (χ3v) is 3.46. The van der Waals surface area contributed by atoms with Crippen molar-refractivity contribution in [2.45, 2.75) is 25.8 Å². The van der Waals surface area contributed by atoms with Crippen LogP contribution in [0, 0.1) is 0 Å². The molecule has 1 aliphatic rings. The van der Waals surface area contributed by atoms with E-state index in [0.29, 0.717) is 30.9 Å². The summed E-state index contributed by atoms with van der Waals surface area (Å²) < 4.78 is 4.87. The van der Waals surface area contributed by atoms with Gasteiger partial charge in [0.2, 0.25) is 0 Å². The predicted octanol–water partition coefficient (Wildman–Crippen LogP) is 1.62. The van der Waals surface area contributed by atoms with Gasteiger partial charge in [-0.05, 0) is 44.0 Å². The predicted molar refractivity (Wildman–Crippen MR) is 79.9 cm³/mol. The minimum absolute atomic E-state index is 0.0367. The largest absolute Gasteiger partial charge is 0.450 e. The molecule has 1 saturated heterocycles. The number of alkyl carbamates (subject to hydrolysis) is 1. The first-order valence-electron chi connectivity index (χ1n) is 7.18. The number of piperidine rings is 1. The summed E-state index contributed by atoms with van der Waals surface area (Å²) in [7, 11) is 0. The summed E-state index contributed by atoms with van der Waals surface area (Å²) in [5, 5.41) is 2.79. The van der Waals surface area contributed by atoms with Crippen molar-refractivity contribution in [1.29, 1.82) is 0 Å². The number of nitrogens with one attached hydrogen (secondary N) is 1. The quantitative estimate of drug-likeness (QED) is 0.829. The van der Waals surface area contributed by atoms with Crippen molar-refractivity contribution >= 4 is 17.7 Å². The molecular formula is C15H21N3O3. The molecule has 6 nitrogen and oxygen atoms in total. The van der Waals surface area contributed by atoms with Gasteiger partial charge in [0.1, 0.15) is 0 Å². The van der Waals surface area contributed by atoms with Crippen LogP contribution in [0.5, 0.6) is 0 Å². The first kappa shape index (κ1) is 15.2. The number of amides is 2. The minimum atomic E-state index is -0.427. The topological polar surface area (TPSA) is 84.7 Å². The van der Waals surface area contributed by atoms with Crippen LogP contribution in [0.2, 0.25) is 0 Å². The second-order valence-electron chi connectivity index (χ2n) is 5.08. The molecule has 0 aliphatic carbocycles. The Kier molecular flexibility index (Phi) is 5.03. The molecule has 1 fully saturated rings. The summed E-state index contributed by atoms with van der Waals surface area (Å²) in [6.45, 7) is 3.30. The van der Waals surface area contributed by atoms with Crippen LogP contribution in [-0.2, 0) is 4.74 Å². The van der Waals surface area contributed by atoms with Gasteiger partial charge in [-0.3, -0.25) is 4.79 Å². The maximum atomic E-state index is 12.4. The van der Waals surface area contributed by atoms with Crippen LogP contribution >= 0.6 is 0 Å². The van der Waals surface area contributed by atoms with Crippen LogP contribution in [0.4, 0.5) is 10.5 Å². The molecule has 114 valence electrons. The fourth-order valence-corrected chi connectivity index (χ4v) is 2.43. The first-order chi connectivity index (χ1) is 10.1. The van der Waals surface area contributed by atoms with Crippen LogP contribution in [0.25, 0.3) is 0 Å². The van der Waals surface area contributed by atoms with Crippen LogP contribution in [0.3, 0.4) is 0 Å². The highest BCUT2D eigenvalue weighted by atomic mass is 16.5. The third-order valence-electron chi connectivity index (χ3n) is 3.46. The molecule has 0 spiro atoms. The molecule has 1 unspecified atom stereocenters. The molecule has 1 atom stereocenters. The van der Waals surface area contributed by atoms with Crippen molar-refractivity contribution in [2.75, 3.05) is 25.4 Å². The molecule has 3 N–H and O–H groups in total. The molecule has 2 rings (SSSR count). The standard InChI is InChI=1S/C15H21N3O3/c1-2-21-15(20)17-13-4-3-9-18(10-13)14(19)11-5-7-12(16)8-6-11/h5-8,13H,2-4,9-10,16H2,1H3,(H,17,20). The number of hydrogen-bond acceptors (Lipinski definition) is 4. The van der Waals surface area contributed by atoms with Gasteiger partial charge in [0, 0.05) is 30.4 Å². The van der Waals surface area contributed by atoms with Crippen molar-refractivity contribution in [3.63, 3.8) is 0 Å². The van der Waals surface area contributed by atoms with Gasteiger partial charge in [-0.1, -0.05) is 0 Å². The second-order valence-corrected chi connectivity index (χ2v) is 5.08. The van der Waals surface area contributed by atoms with E-state index >= 15 is 0 Å². The van der Waals surface area contributed by atoms with Gasteiger partial charge in [-0.2, -0.15) is 0 Å². The van der Waals surface area contributed by atoms with Crippen molar-refractivity contribution in [3.8, 4) is 0 Å². The fourth-order valence-electron chi connectivity index (χ4n) is 2.43. The summed E-state index contributed by atoms with van der Waals surface area (Å²) in [6.07, 6.45) is 1.28. The molecule has 2 amide bonds. The van der Waals surface area contributed by atoms with Gasteiger partial charge in [-0.15, -0.1) is 0 Å². The van der Waals surface area contributed by atoms with Gasteiger partial charge >= 0.3 is 6.09 Å². The Morgan fingerprint density at radius 1 is 1.38 bits per heavy atom. The van der Waals surface area contributed by atoms with Gasteiger partial charge in [-0.25, -0.2) is 4.79 Å². The van der Waals surface area contributed by atoms with E-state index in [1.165, 1.54) is 0 Å². The third kappa shape index (κ3) is 4.11. The Balaban J connectivity index is 1.95. The van der Waals surface area contributed by atoms with Gasteiger partial charge in [0.25, 0.3) is 5.91 Å². The SMILES string of the molecule is CCOC(=O)NC1CCCN(C(=O)c2ccc(N)cc2)C1. The Morgan fingerprint density at radius 3 is 2.76 bits per heavy atom. The Labute approximate surface area is 124 Å². The summed E-state index contributed by atoms with van der Waals surface area (Å²) >= 11 is 0. The van der Waals surface area contributed by atoms with Gasteiger partial charge in [0.05, 0.1) is 6.61 Å². The maximum Gasteiger partial charge on any atom is 0.407 e. The molecule has 0 bridgehead atoms. The molecule has 0 aromatic heterocycles. The molecule has 1 aromatic carbocycles. The summed E-state index contributed by atoms with van der Waals surface area (Å²) in [5.41, 5.74) is 6.87. The lowest BCUT2D eigenvalue weighted by Gasteiger charge is -2.33. The van der Waals surface area contributed by atoms with Crippen LogP contribution in [-0.4, -0.2) is 42.6 Å². The smallest absolute Gasteiger partial charge is 0.407 e. The minimum Gasteiger partial charge on any atom is -0.450 e. The number of hydrogen-bond donors (Lipinski definition) is 2. The summed E-state index contributed by atoms with van der Waals surface area (Å²) in [4.78, 5) is 25.6. The van der Waals surface area contributed by atoms with Gasteiger partial charge < -0.3 is 20.7 Å². The number of likely N-dealkylation sites (tertiary alicyclic amines) is 1. The lowest BCUT2D eigenvalue weighted by atomic mass is 10.0. The number of benzene rings is 1. The van der Waals surface area contributed by atoms with Crippen molar-refractivity contribution < 1.29 is 14.3 Å². The highest BCUT2D eigenvalue weighted by Gasteiger charge is 2.25. The molecule has 6 heteroatoms. The fraction of sp³-hybridized carbons (Fsp3) is 0.467. The highest BCUT2D eigenvalue weighted by molar-refractivity contribution is 5.94. The van der Waals surface area contributed by atoms with E-state index in [1.54, 1.807) is 36.1 Å². The zero-order valence-corrected chi connectivity index (χ0v) is 12.2. The number of nitrogens with zero attached hydrogens (tertiary/aromatic N) is 1. The molecule has 1 heterocycles. The normalized spacial score (nSPS) is 18.1. The van der Waals surface area contributed by atoms with E-state index in [2.05, 4.69) is 5.32 Å². The van der Waals surface area contributed by atoms with Crippen molar-refractivity contribution in [1.82, 2.24) is 10.2 Å². The average molecular weight is 291 g/mol. The number of carbonyl (C=O) groups is 2. The molecule has 0 radical (unpaired) electrons. The lowest BCUT2D eigenvalue weighted by molar-refractivity contribution is 0.0686. The van der Waals surface area contributed by atoms with E-state index in [-0.39, 0.29) is 11.9 Å². The zero-order chi connectivity index (χ0) is 15.2. The van der Waals surface area contributed by atoms with E-state index in [4.69, 9.17) is 10.5 Å². The van der Waals surface area contributed by atoms with Crippen molar-refractivity contribution in [2.24, 2.45) is 0 Å². The molecule has 1 aliphatic heterocycles. The Morgan fingerprint density at radius 2 is 2.10 bits per heavy atom. The van der Waals surface area contributed by atoms with Crippen molar-refractivity contribution in [3.05, 3.63) is 29.8 Å². The number of rotatable bonds is 3. The van der Waals surface area contributed by atoms with Crippen LogP contribution in [0.1, 0.15) is 30.1 Å². The van der Waals surface area contributed by atoms with Crippen LogP contribution < -0.4 is 11.1 Å². The average Bonchev–Trinajstić information content (AvgIpc) is 2.48. The Bertz CT molecular complexity index is 501. The monoisotopic (exact) mass is 291 g/mol. The summed E-state index contributed by atoms with van der Waals surface area (Å²) in [5.74, 6) is -0.0367. The molecule has 1 aromatic rings.